The van der Waals surface area contributed by atoms with E-state index in [0.29, 0.717) is 0 Å². The van der Waals surface area contributed by atoms with Crippen LogP contribution in [0.15, 0.2) is 218 Å². The van der Waals surface area contributed by atoms with Crippen molar-refractivity contribution >= 4 is 49.6 Å². The average Bonchev–Trinajstić information content (AvgIpc) is 3.74. The highest BCUT2D eigenvalue weighted by Crippen LogP contribution is 2.58. The molecule has 0 bridgehead atoms. The minimum Gasteiger partial charge on any atom is -0.310 e. The molecule has 1 aromatic heterocycles. The molecule has 0 fully saturated rings. The molecule has 55 heavy (non-hydrogen) atoms. The fourth-order valence-electron chi connectivity index (χ4n) is 9.28. The molecule has 0 radical (unpaired) electrons. The van der Waals surface area contributed by atoms with Crippen LogP contribution in [-0.4, -0.2) is 4.57 Å². The predicted molar refractivity (Wildman–Crippen MR) is 230 cm³/mol. The minimum absolute atomic E-state index is 0.481. The van der Waals surface area contributed by atoms with Crippen LogP contribution in [0.25, 0.3) is 49.4 Å². The zero-order chi connectivity index (χ0) is 36.3. The number of fused-ring (bicyclic) bond motifs is 7. The minimum atomic E-state index is -0.481. The van der Waals surface area contributed by atoms with E-state index in [1.165, 1.54) is 66.0 Å². The zero-order valence-electron chi connectivity index (χ0n) is 30.2. The Bertz CT molecular complexity index is 2980. The van der Waals surface area contributed by atoms with Gasteiger partial charge in [0.2, 0.25) is 0 Å². The predicted octanol–water partition coefficient (Wildman–Crippen LogP) is 13.8. The van der Waals surface area contributed by atoms with Crippen LogP contribution in [0.5, 0.6) is 0 Å². The van der Waals surface area contributed by atoms with Gasteiger partial charge in [0.15, 0.2) is 0 Å². The summed E-state index contributed by atoms with van der Waals surface area (Å²) in [5.74, 6) is 0. The van der Waals surface area contributed by atoms with Crippen LogP contribution < -0.4 is 4.90 Å². The Morgan fingerprint density at radius 1 is 0.345 bits per heavy atom. The van der Waals surface area contributed by atoms with Gasteiger partial charge in [-0.15, -0.1) is 0 Å². The average molecular weight is 701 g/mol. The Labute approximate surface area is 320 Å². The maximum Gasteiger partial charge on any atom is 0.0713 e. The molecule has 1 heterocycles. The van der Waals surface area contributed by atoms with E-state index in [0.717, 1.165) is 22.7 Å². The maximum atomic E-state index is 2.44. The van der Waals surface area contributed by atoms with Crippen molar-refractivity contribution in [3.05, 3.63) is 241 Å². The Balaban J connectivity index is 1.18. The highest BCUT2D eigenvalue weighted by Gasteiger charge is 2.46. The smallest absolute Gasteiger partial charge is 0.0713 e. The summed E-state index contributed by atoms with van der Waals surface area (Å²) >= 11 is 0. The van der Waals surface area contributed by atoms with E-state index in [4.69, 9.17) is 0 Å². The van der Waals surface area contributed by atoms with E-state index in [9.17, 15) is 0 Å². The summed E-state index contributed by atoms with van der Waals surface area (Å²) in [4.78, 5) is 2.42. The van der Waals surface area contributed by atoms with Crippen LogP contribution in [0.1, 0.15) is 22.3 Å². The van der Waals surface area contributed by atoms with Crippen molar-refractivity contribution in [2.24, 2.45) is 0 Å². The third kappa shape index (κ3) is 4.75. The Kier molecular flexibility index (Phi) is 7.11. The number of benzene rings is 9. The summed E-state index contributed by atoms with van der Waals surface area (Å²) in [6.07, 6.45) is 0. The monoisotopic (exact) mass is 700 g/mol. The third-order valence-corrected chi connectivity index (χ3v) is 11.6. The second kappa shape index (κ2) is 12.5. The number of para-hydroxylation sites is 3. The summed E-state index contributed by atoms with van der Waals surface area (Å²) < 4.78 is 2.38. The first-order chi connectivity index (χ1) is 27.3. The molecule has 0 saturated carbocycles. The number of aromatic nitrogens is 1. The molecule has 9 aromatic carbocycles. The lowest BCUT2D eigenvalue weighted by Crippen LogP contribution is -2.28. The normalized spacial score (nSPS) is 12.9. The molecule has 0 aliphatic heterocycles. The largest absolute Gasteiger partial charge is 0.310 e. The lowest BCUT2D eigenvalue weighted by Gasteiger charge is -2.34. The van der Waals surface area contributed by atoms with Crippen LogP contribution in [-0.2, 0) is 5.41 Å². The quantitative estimate of drug-likeness (QED) is 0.168. The lowest BCUT2D eigenvalue weighted by atomic mass is 9.67. The Morgan fingerprint density at radius 3 is 1.58 bits per heavy atom. The van der Waals surface area contributed by atoms with E-state index >= 15 is 0 Å². The van der Waals surface area contributed by atoms with E-state index in [-0.39, 0.29) is 0 Å². The van der Waals surface area contributed by atoms with Crippen molar-refractivity contribution in [1.82, 2.24) is 4.57 Å². The van der Waals surface area contributed by atoms with E-state index in [1.54, 1.807) is 0 Å². The van der Waals surface area contributed by atoms with Gasteiger partial charge in [-0.25, -0.2) is 0 Å². The first kappa shape index (κ1) is 31.4. The number of hydrogen-bond acceptors (Lipinski definition) is 1. The fourth-order valence-corrected chi connectivity index (χ4v) is 9.28. The molecule has 0 spiro atoms. The second-order valence-corrected chi connectivity index (χ2v) is 14.5. The van der Waals surface area contributed by atoms with Crippen molar-refractivity contribution in [2.45, 2.75) is 5.41 Å². The molecule has 258 valence electrons. The number of anilines is 3. The van der Waals surface area contributed by atoms with Crippen molar-refractivity contribution in [1.29, 1.82) is 0 Å². The molecule has 0 unspecified atom stereocenters. The Hall–Kier alpha value is -7.16. The second-order valence-electron chi connectivity index (χ2n) is 14.5. The summed E-state index contributed by atoms with van der Waals surface area (Å²) in [7, 11) is 0. The van der Waals surface area contributed by atoms with Gasteiger partial charge >= 0.3 is 0 Å². The zero-order valence-corrected chi connectivity index (χ0v) is 30.2. The van der Waals surface area contributed by atoms with Gasteiger partial charge in [0.1, 0.15) is 0 Å². The molecule has 11 rings (SSSR count). The van der Waals surface area contributed by atoms with Crippen molar-refractivity contribution in [2.75, 3.05) is 4.90 Å². The van der Waals surface area contributed by atoms with Crippen LogP contribution in [0.4, 0.5) is 17.1 Å². The highest BCUT2D eigenvalue weighted by atomic mass is 15.1. The maximum absolute atomic E-state index is 2.44. The van der Waals surface area contributed by atoms with E-state index in [2.05, 4.69) is 228 Å². The topological polar surface area (TPSA) is 8.17 Å². The van der Waals surface area contributed by atoms with Gasteiger partial charge in [-0.3, -0.25) is 0 Å². The van der Waals surface area contributed by atoms with Crippen molar-refractivity contribution in [3.8, 4) is 16.8 Å². The molecular formula is C53H36N2. The molecule has 2 nitrogen and oxygen atoms in total. The number of nitrogens with zero attached hydrogens (tertiary/aromatic N) is 2. The highest BCUT2D eigenvalue weighted by molar-refractivity contribution is 6.11. The van der Waals surface area contributed by atoms with Crippen molar-refractivity contribution < 1.29 is 0 Å². The molecule has 0 amide bonds. The first-order valence-corrected chi connectivity index (χ1v) is 19.0. The molecule has 0 atom stereocenters. The first-order valence-electron chi connectivity index (χ1n) is 19.0. The van der Waals surface area contributed by atoms with Gasteiger partial charge in [0.25, 0.3) is 0 Å². The molecule has 0 N–H and O–H groups in total. The third-order valence-electron chi connectivity index (χ3n) is 11.6. The van der Waals surface area contributed by atoms with Crippen LogP contribution in [0.2, 0.25) is 0 Å². The van der Waals surface area contributed by atoms with Crippen molar-refractivity contribution in [3.63, 3.8) is 0 Å². The Morgan fingerprint density at radius 2 is 0.873 bits per heavy atom. The summed E-state index contributed by atoms with van der Waals surface area (Å²) in [6, 6.07) is 80.1. The van der Waals surface area contributed by atoms with Crippen LogP contribution >= 0.6 is 0 Å². The summed E-state index contributed by atoms with van der Waals surface area (Å²) in [5, 5.41) is 4.96. The lowest BCUT2D eigenvalue weighted by molar-refractivity contribution is 0.769. The van der Waals surface area contributed by atoms with Crippen LogP contribution in [0.3, 0.4) is 0 Å². The molecule has 1 aliphatic carbocycles. The molecule has 1 aliphatic rings. The molecule has 0 saturated heterocycles. The van der Waals surface area contributed by atoms with Gasteiger partial charge < -0.3 is 9.47 Å². The SMILES string of the molecule is c1ccc(N(c2ccc3c(c2)-c2cc4ccccc4cc2C3(c2ccccc2)c2ccccc2)c2ccc3c(c2)c2ccccc2n3-c2ccccc2)cc1. The standard InChI is InChI=1S/C53H36N2/c1-5-19-39(20-6-1)53(40-21-7-2-8-22-40)49-31-29-43(35-47(49)46-33-37-17-13-14-18-38(37)34-50(46)53)54(41-23-9-3-10-24-41)44-30-32-52-48(36-44)45-27-15-16-28-51(45)55(52)42-25-11-4-12-26-42/h1-36H. The number of rotatable bonds is 6. The van der Waals surface area contributed by atoms with Gasteiger partial charge in [-0.05, 0) is 117 Å². The van der Waals surface area contributed by atoms with Crippen LogP contribution in [0, 0.1) is 0 Å². The summed E-state index contributed by atoms with van der Waals surface area (Å²) in [6.45, 7) is 0. The van der Waals surface area contributed by atoms with Gasteiger partial charge in [0.05, 0.1) is 16.4 Å². The summed E-state index contributed by atoms with van der Waals surface area (Å²) in [5.41, 5.74) is 14.1. The van der Waals surface area contributed by atoms with E-state index in [1.807, 2.05) is 0 Å². The number of hydrogen-bond donors (Lipinski definition) is 0. The molecule has 2 heteroatoms. The fraction of sp³-hybridized carbons (Fsp3) is 0.0189. The molecular weight excluding hydrogens is 665 g/mol. The molecule has 10 aromatic rings. The van der Waals surface area contributed by atoms with E-state index < -0.39 is 5.41 Å². The van der Waals surface area contributed by atoms with Gasteiger partial charge in [0, 0.05) is 33.5 Å². The van der Waals surface area contributed by atoms with Gasteiger partial charge in [-0.2, -0.15) is 0 Å². The van der Waals surface area contributed by atoms with Gasteiger partial charge in [-0.1, -0.05) is 146 Å².